The first kappa shape index (κ1) is 11.8. The van der Waals surface area contributed by atoms with Gasteiger partial charge in [0.2, 0.25) is 0 Å². The van der Waals surface area contributed by atoms with E-state index < -0.39 is 0 Å². The molecular weight excluding hydrogens is 231 g/mol. The summed E-state index contributed by atoms with van der Waals surface area (Å²) in [5.74, 6) is 0.0667. The number of benzene rings is 1. The van der Waals surface area contributed by atoms with Crippen molar-refractivity contribution in [3.8, 4) is 0 Å². The lowest BCUT2D eigenvalue weighted by Crippen LogP contribution is -2.26. The topological polar surface area (TPSA) is 26.3 Å². The van der Waals surface area contributed by atoms with Gasteiger partial charge in [-0.2, -0.15) is 0 Å². The Hall–Kier alpha value is -1.22. The van der Waals surface area contributed by atoms with Crippen LogP contribution in [0.4, 0.5) is 4.39 Å². The number of ether oxygens (including phenoxy) is 1. The molecule has 2 nitrogen and oxygen atoms in total. The zero-order chi connectivity index (χ0) is 12.7. The lowest BCUT2D eigenvalue weighted by molar-refractivity contribution is -0.123. The molecule has 0 aromatic heterocycles. The first-order valence-electron chi connectivity index (χ1n) is 6.56. The van der Waals surface area contributed by atoms with Crippen molar-refractivity contribution in [1.82, 2.24) is 0 Å². The fourth-order valence-electron chi connectivity index (χ4n) is 3.15. The van der Waals surface area contributed by atoms with Gasteiger partial charge in [-0.15, -0.1) is 0 Å². The summed E-state index contributed by atoms with van der Waals surface area (Å²) in [5.41, 5.74) is 1.79. The van der Waals surface area contributed by atoms with E-state index in [9.17, 15) is 9.18 Å². The van der Waals surface area contributed by atoms with Gasteiger partial charge < -0.3 is 4.74 Å². The molecule has 2 saturated heterocycles. The van der Waals surface area contributed by atoms with E-state index in [0.29, 0.717) is 12.5 Å². The van der Waals surface area contributed by atoms with E-state index >= 15 is 0 Å². The van der Waals surface area contributed by atoms with Gasteiger partial charge in [-0.3, -0.25) is 4.79 Å². The number of hydrogen-bond donors (Lipinski definition) is 0. The van der Waals surface area contributed by atoms with Crippen molar-refractivity contribution in [3.05, 3.63) is 35.1 Å². The van der Waals surface area contributed by atoms with Gasteiger partial charge in [0, 0.05) is 12.3 Å². The Morgan fingerprint density at radius 1 is 1.44 bits per heavy atom. The summed E-state index contributed by atoms with van der Waals surface area (Å²) in [6, 6.07) is 4.63. The summed E-state index contributed by atoms with van der Waals surface area (Å²) in [5, 5.41) is 0. The maximum atomic E-state index is 13.0. The van der Waals surface area contributed by atoms with Crippen LogP contribution in [0, 0.1) is 18.7 Å². The highest BCUT2D eigenvalue weighted by atomic mass is 19.1. The number of Topliss-reactive ketones (excluding diaryl/α,β-unsaturated/α-hetero) is 1. The number of carbonyl (C=O) groups is 1. The molecule has 0 N–H and O–H groups in total. The molecule has 3 rings (SSSR count). The molecule has 0 saturated carbocycles. The summed E-state index contributed by atoms with van der Waals surface area (Å²) in [4.78, 5) is 12.3. The zero-order valence-corrected chi connectivity index (χ0v) is 10.5. The highest BCUT2D eigenvalue weighted by molar-refractivity contribution is 5.84. The first-order valence-corrected chi connectivity index (χ1v) is 6.56. The van der Waals surface area contributed by atoms with Gasteiger partial charge in [-0.05, 0) is 49.4 Å². The van der Waals surface area contributed by atoms with Crippen molar-refractivity contribution in [1.29, 1.82) is 0 Å². The highest BCUT2D eigenvalue weighted by Crippen LogP contribution is 2.39. The zero-order valence-electron chi connectivity index (χ0n) is 10.5. The molecule has 0 aliphatic carbocycles. The molecule has 3 heteroatoms. The van der Waals surface area contributed by atoms with Gasteiger partial charge in [-0.25, -0.2) is 4.39 Å². The van der Waals surface area contributed by atoms with Crippen LogP contribution in [0.3, 0.4) is 0 Å². The third-order valence-corrected chi connectivity index (χ3v) is 4.19. The molecule has 2 heterocycles. The number of ketones is 1. The second-order valence-corrected chi connectivity index (χ2v) is 5.43. The summed E-state index contributed by atoms with van der Waals surface area (Å²) in [7, 11) is 0. The van der Waals surface area contributed by atoms with Crippen LogP contribution in [0.5, 0.6) is 0 Å². The number of fused-ring (bicyclic) bond motifs is 2. The fourth-order valence-corrected chi connectivity index (χ4v) is 3.15. The Morgan fingerprint density at radius 3 is 2.89 bits per heavy atom. The number of rotatable bonds is 3. The van der Waals surface area contributed by atoms with Crippen molar-refractivity contribution < 1.29 is 13.9 Å². The van der Waals surface area contributed by atoms with Crippen LogP contribution < -0.4 is 0 Å². The van der Waals surface area contributed by atoms with Crippen molar-refractivity contribution in [2.45, 2.75) is 44.8 Å². The molecule has 2 aliphatic heterocycles. The molecule has 2 aliphatic rings. The van der Waals surface area contributed by atoms with Gasteiger partial charge in [0.05, 0.1) is 12.2 Å². The van der Waals surface area contributed by atoms with Crippen LogP contribution in [0.2, 0.25) is 0 Å². The van der Waals surface area contributed by atoms with Gasteiger partial charge in [0.1, 0.15) is 11.6 Å². The van der Waals surface area contributed by atoms with E-state index in [1.165, 1.54) is 12.1 Å². The summed E-state index contributed by atoms with van der Waals surface area (Å²) >= 11 is 0. The van der Waals surface area contributed by atoms with Crippen molar-refractivity contribution in [2.24, 2.45) is 5.92 Å². The molecule has 3 unspecified atom stereocenters. The van der Waals surface area contributed by atoms with E-state index in [-0.39, 0.29) is 23.6 Å². The molecule has 1 aromatic carbocycles. The molecular formula is C15H17FO2. The standard InChI is InChI=1S/C15H17FO2/c1-9-6-11(16)3-2-10(9)7-14(17)13-8-12-4-5-15(13)18-12/h2-3,6,12-13,15H,4-5,7-8H2,1H3. The Labute approximate surface area is 106 Å². The second-order valence-electron chi connectivity index (χ2n) is 5.43. The van der Waals surface area contributed by atoms with E-state index in [0.717, 1.165) is 30.4 Å². The Kier molecular flexibility index (Phi) is 2.94. The Morgan fingerprint density at radius 2 is 2.28 bits per heavy atom. The first-order chi connectivity index (χ1) is 8.63. The molecule has 2 fully saturated rings. The van der Waals surface area contributed by atoms with Crippen molar-refractivity contribution in [2.75, 3.05) is 0 Å². The molecule has 0 spiro atoms. The van der Waals surface area contributed by atoms with Gasteiger partial charge in [0.15, 0.2) is 0 Å². The fraction of sp³-hybridized carbons (Fsp3) is 0.533. The van der Waals surface area contributed by atoms with Crippen LogP contribution in [-0.4, -0.2) is 18.0 Å². The van der Waals surface area contributed by atoms with Gasteiger partial charge in [-0.1, -0.05) is 6.07 Å². The van der Waals surface area contributed by atoms with E-state index in [2.05, 4.69) is 0 Å². The molecule has 96 valence electrons. The number of hydrogen-bond acceptors (Lipinski definition) is 2. The minimum atomic E-state index is -0.244. The molecule has 1 aromatic rings. The summed E-state index contributed by atoms with van der Waals surface area (Å²) < 4.78 is 18.7. The predicted molar refractivity (Wildman–Crippen MR) is 65.9 cm³/mol. The number of carbonyl (C=O) groups excluding carboxylic acids is 1. The Bertz CT molecular complexity index is 483. The van der Waals surface area contributed by atoms with Gasteiger partial charge in [0.25, 0.3) is 0 Å². The van der Waals surface area contributed by atoms with Crippen molar-refractivity contribution in [3.63, 3.8) is 0 Å². The third kappa shape index (κ3) is 2.07. The maximum absolute atomic E-state index is 13.0. The largest absolute Gasteiger partial charge is 0.374 e. The normalized spacial score (nSPS) is 29.8. The lowest BCUT2D eigenvalue weighted by Gasteiger charge is -2.17. The maximum Gasteiger partial charge on any atom is 0.143 e. The minimum absolute atomic E-state index is 0.0632. The molecule has 0 amide bonds. The van der Waals surface area contributed by atoms with Crippen LogP contribution in [0.1, 0.15) is 30.4 Å². The average molecular weight is 248 g/mol. The molecule has 0 radical (unpaired) electrons. The number of halogens is 1. The van der Waals surface area contributed by atoms with E-state index in [4.69, 9.17) is 4.74 Å². The lowest BCUT2D eigenvalue weighted by atomic mass is 9.84. The number of aryl methyl sites for hydroxylation is 1. The monoisotopic (exact) mass is 248 g/mol. The quantitative estimate of drug-likeness (QED) is 0.822. The summed E-state index contributed by atoms with van der Waals surface area (Å²) in [6.45, 7) is 1.85. The Balaban J connectivity index is 1.71. The third-order valence-electron chi connectivity index (χ3n) is 4.19. The van der Waals surface area contributed by atoms with Crippen LogP contribution >= 0.6 is 0 Å². The second kappa shape index (κ2) is 4.47. The molecule has 3 atom stereocenters. The average Bonchev–Trinajstić information content (AvgIpc) is 2.94. The smallest absolute Gasteiger partial charge is 0.143 e. The predicted octanol–water partition coefficient (Wildman–Crippen LogP) is 2.81. The van der Waals surface area contributed by atoms with Crippen molar-refractivity contribution >= 4 is 5.78 Å². The van der Waals surface area contributed by atoms with E-state index in [1.807, 2.05) is 6.92 Å². The molecule has 2 bridgehead atoms. The van der Waals surface area contributed by atoms with Crippen LogP contribution in [0.25, 0.3) is 0 Å². The van der Waals surface area contributed by atoms with Crippen LogP contribution in [0.15, 0.2) is 18.2 Å². The van der Waals surface area contributed by atoms with Gasteiger partial charge >= 0.3 is 0 Å². The summed E-state index contributed by atoms with van der Waals surface area (Å²) in [6.07, 6.45) is 3.85. The van der Waals surface area contributed by atoms with E-state index in [1.54, 1.807) is 6.07 Å². The highest BCUT2D eigenvalue weighted by Gasteiger charge is 2.43. The minimum Gasteiger partial charge on any atom is -0.374 e. The SMILES string of the molecule is Cc1cc(F)ccc1CC(=O)C1CC2CCC1O2. The van der Waals surface area contributed by atoms with Crippen LogP contribution in [-0.2, 0) is 16.0 Å². The molecule has 18 heavy (non-hydrogen) atoms.